The molecule has 134 valence electrons. The number of nitrogens with one attached hydrogen (secondary N) is 2. The number of carbonyl (C=O) groups is 1. The molecule has 1 aliphatic carbocycles. The Bertz CT molecular complexity index is 608. The number of amides is 1. The maximum atomic E-state index is 11.8. The zero-order valence-electron chi connectivity index (χ0n) is 15.5. The van der Waals surface area contributed by atoms with Gasteiger partial charge in [-0.25, -0.2) is 4.79 Å². The van der Waals surface area contributed by atoms with Crippen molar-refractivity contribution in [1.82, 2.24) is 10.6 Å². The van der Waals surface area contributed by atoms with Crippen LogP contribution in [0, 0.1) is 5.41 Å². The molecule has 0 fully saturated rings. The second-order valence-electron chi connectivity index (χ2n) is 8.39. The summed E-state index contributed by atoms with van der Waals surface area (Å²) in [6.45, 7) is 12.7. The number of hydrogen-bond donors (Lipinski definition) is 2. The van der Waals surface area contributed by atoms with Gasteiger partial charge < -0.3 is 15.4 Å². The number of rotatable bonds is 4. The van der Waals surface area contributed by atoms with E-state index < -0.39 is 5.60 Å². The lowest BCUT2D eigenvalue weighted by Gasteiger charge is -2.31. The molecule has 4 nitrogen and oxygen atoms in total. The van der Waals surface area contributed by atoms with Crippen molar-refractivity contribution >= 4 is 17.7 Å². The van der Waals surface area contributed by atoms with E-state index in [0.717, 1.165) is 11.4 Å². The Labute approximate surface area is 150 Å². The third-order valence-corrected chi connectivity index (χ3v) is 4.48. The van der Waals surface area contributed by atoms with Gasteiger partial charge in [-0.1, -0.05) is 31.5 Å². The molecule has 0 aromatic heterocycles. The molecule has 1 aromatic carbocycles. The van der Waals surface area contributed by atoms with Gasteiger partial charge in [-0.3, -0.25) is 0 Å². The van der Waals surface area contributed by atoms with Crippen molar-refractivity contribution < 1.29 is 9.53 Å². The number of ether oxygens (including phenoxy) is 1. The highest BCUT2D eigenvalue weighted by Gasteiger charge is 2.39. The van der Waals surface area contributed by atoms with E-state index in [9.17, 15) is 4.79 Å². The molecule has 0 heterocycles. The Kier molecular flexibility index (Phi) is 5.50. The lowest BCUT2D eigenvalue weighted by molar-refractivity contribution is 0.0521. The molecule has 0 saturated heterocycles. The summed E-state index contributed by atoms with van der Waals surface area (Å²) in [5.74, 6) is 0. The largest absolute Gasteiger partial charge is 0.444 e. The Morgan fingerprint density at radius 2 is 2.08 bits per heavy atom. The van der Waals surface area contributed by atoms with Crippen LogP contribution in [-0.2, 0) is 11.2 Å². The quantitative estimate of drug-likeness (QED) is 0.840. The van der Waals surface area contributed by atoms with Crippen LogP contribution in [-0.4, -0.2) is 24.3 Å². The highest BCUT2D eigenvalue weighted by molar-refractivity contribution is 6.30. The minimum absolute atomic E-state index is 0.104. The van der Waals surface area contributed by atoms with Gasteiger partial charge in [-0.15, -0.1) is 0 Å². The van der Waals surface area contributed by atoms with Crippen molar-refractivity contribution in [2.75, 3.05) is 6.54 Å². The van der Waals surface area contributed by atoms with Crippen molar-refractivity contribution in [3.05, 3.63) is 34.3 Å². The van der Waals surface area contributed by atoms with Crippen LogP contribution in [0.4, 0.5) is 4.79 Å². The third-order valence-electron chi connectivity index (χ3n) is 4.25. The van der Waals surface area contributed by atoms with Crippen LogP contribution in [0.2, 0.25) is 5.02 Å². The number of alkyl carbamates (subject to hydrolysis) is 1. The van der Waals surface area contributed by atoms with E-state index in [1.54, 1.807) is 0 Å². The second kappa shape index (κ2) is 6.93. The lowest BCUT2D eigenvalue weighted by Crippen LogP contribution is -2.44. The predicted octanol–water partition coefficient (Wildman–Crippen LogP) is 4.47. The summed E-state index contributed by atoms with van der Waals surface area (Å²) in [6.07, 6.45) is 0.633. The van der Waals surface area contributed by atoms with Crippen molar-refractivity contribution in [3.8, 4) is 0 Å². The number of halogens is 1. The minimum atomic E-state index is -0.482. The number of hydrogen-bond acceptors (Lipinski definition) is 3. The lowest BCUT2D eigenvalue weighted by atomic mass is 9.85. The maximum Gasteiger partial charge on any atom is 0.407 e. The van der Waals surface area contributed by atoms with Gasteiger partial charge >= 0.3 is 6.09 Å². The summed E-state index contributed by atoms with van der Waals surface area (Å²) in [6, 6.07) is 6.45. The molecule has 0 saturated carbocycles. The van der Waals surface area contributed by atoms with Gasteiger partial charge in [0.25, 0.3) is 0 Å². The molecule has 5 heteroatoms. The first-order valence-corrected chi connectivity index (χ1v) is 8.87. The van der Waals surface area contributed by atoms with Crippen LogP contribution in [0.1, 0.15) is 58.7 Å². The average molecular weight is 353 g/mol. The number of carbonyl (C=O) groups excluding carboxylic acids is 1. The first kappa shape index (κ1) is 19.1. The molecule has 0 spiro atoms. The zero-order chi connectivity index (χ0) is 18.1. The SMILES string of the molecule is CC(CNC(=O)OC(C)(C)C)NC1c2cc(Cl)ccc2CC1(C)C. The Hall–Kier alpha value is -1.26. The van der Waals surface area contributed by atoms with Crippen LogP contribution in [0.3, 0.4) is 0 Å². The van der Waals surface area contributed by atoms with Gasteiger partial charge in [0, 0.05) is 23.7 Å². The number of fused-ring (bicyclic) bond motifs is 1. The summed E-state index contributed by atoms with van der Waals surface area (Å²) < 4.78 is 5.28. The summed E-state index contributed by atoms with van der Waals surface area (Å²) in [7, 11) is 0. The molecule has 2 unspecified atom stereocenters. The normalized spacial score (nSPS) is 20.4. The topological polar surface area (TPSA) is 50.4 Å². The van der Waals surface area contributed by atoms with Crippen LogP contribution < -0.4 is 10.6 Å². The molecule has 0 aliphatic heterocycles. The first-order valence-electron chi connectivity index (χ1n) is 8.49. The summed E-state index contributed by atoms with van der Waals surface area (Å²) >= 11 is 6.18. The van der Waals surface area contributed by atoms with Crippen molar-refractivity contribution in [2.45, 2.75) is 65.6 Å². The van der Waals surface area contributed by atoms with E-state index in [2.05, 4.69) is 43.5 Å². The van der Waals surface area contributed by atoms with Gasteiger partial charge in [0.2, 0.25) is 0 Å². The molecule has 2 atom stereocenters. The molecule has 0 radical (unpaired) electrons. The molecular weight excluding hydrogens is 324 g/mol. The monoisotopic (exact) mass is 352 g/mol. The maximum absolute atomic E-state index is 11.8. The van der Waals surface area contributed by atoms with Gasteiger partial charge in [0.05, 0.1) is 0 Å². The third kappa shape index (κ3) is 4.87. The van der Waals surface area contributed by atoms with Gasteiger partial charge in [0.1, 0.15) is 5.60 Å². The molecule has 24 heavy (non-hydrogen) atoms. The standard InChI is InChI=1S/C19H29ClN2O2/c1-12(11-21-17(23)24-18(2,3)4)22-16-15-9-14(20)8-7-13(15)10-19(16,5)6/h7-9,12,16,22H,10-11H2,1-6H3,(H,21,23). The van der Waals surface area contributed by atoms with E-state index in [1.807, 2.05) is 26.8 Å². The highest BCUT2D eigenvalue weighted by Crippen LogP contribution is 2.46. The fourth-order valence-electron chi connectivity index (χ4n) is 3.22. The van der Waals surface area contributed by atoms with E-state index in [4.69, 9.17) is 16.3 Å². The molecule has 0 bridgehead atoms. The Morgan fingerprint density at radius 1 is 1.42 bits per heavy atom. The van der Waals surface area contributed by atoms with Crippen LogP contribution in [0.5, 0.6) is 0 Å². The van der Waals surface area contributed by atoms with Crippen molar-refractivity contribution in [1.29, 1.82) is 0 Å². The van der Waals surface area contributed by atoms with Crippen molar-refractivity contribution in [3.63, 3.8) is 0 Å². The van der Waals surface area contributed by atoms with Crippen LogP contribution >= 0.6 is 11.6 Å². The van der Waals surface area contributed by atoms with Crippen LogP contribution in [0.15, 0.2) is 18.2 Å². The van der Waals surface area contributed by atoms with E-state index in [-0.39, 0.29) is 23.6 Å². The minimum Gasteiger partial charge on any atom is -0.444 e. The van der Waals surface area contributed by atoms with Crippen LogP contribution in [0.25, 0.3) is 0 Å². The molecule has 2 N–H and O–H groups in total. The van der Waals surface area contributed by atoms with Crippen molar-refractivity contribution in [2.24, 2.45) is 5.41 Å². The van der Waals surface area contributed by atoms with E-state index in [1.165, 1.54) is 11.1 Å². The van der Waals surface area contributed by atoms with E-state index >= 15 is 0 Å². The molecular formula is C19H29ClN2O2. The predicted molar refractivity (Wildman–Crippen MR) is 98.5 cm³/mol. The Balaban J connectivity index is 1.97. The molecule has 1 aliphatic rings. The highest BCUT2D eigenvalue weighted by atomic mass is 35.5. The van der Waals surface area contributed by atoms with Gasteiger partial charge in [-0.2, -0.15) is 0 Å². The van der Waals surface area contributed by atoms with Gasteiger partial charge in [0.15, 0.2) is 0 Å². The van der Waals surface area contributed by atoms with E-state index in [0.29, 0.717) is 6.54 Å². The molecule has 1 amide bonds. The average Bonchev–Trinajstić information content (AvgIpc) is 2.66. The summed E-state index contributed by atoms with van der Waals surface area (Å²) in [5, 5.41) is 7.23. The Morgan fingerprint density at radius 3 is 2.71 bits per heavy atom. The molecule has 1 aromatic rings. The fraction of sp³-hybridized carbons (Fsp3) is 0.632. The summed E-state index contributed by atoms with van der Waals surface area (Å²) in [5.41, 5.74) is 2.22. The fourth-order valence-corrected chi connectivity index (χ4v) is 3.40. The zero-order valence-corrected chi connectivity index (χ0v) is 16.3. The first-order chi connectivity index (χ1) is 11.0. The molecule has 2 rings (SSSR count). The van der Waals surface area contributed by atoms with Gasteiger partial charge in [-0.05, 0) is 62.8 Å². The number of benzene rings is 1. The second-order valence-corrected chi connectivity index (χ2v) is 8.83. The summed E-state index contributed by atoms with van der Waals surface area (Å²) in [4.78, 5) is 11.8. The smallest absolute Gasteiger partial charge is 0.407 e.